The van der Waals surface area contributed by atoms with Crippen molar-refractivity contribution >= 4 is 0 Å². The molecule has 34 heavy (non-hydrogen) atoms. The second-order valence-corrected chi connectivity index (χ2v) is 8.48. The highest BCUT2D eigenvalue weighted by atomic mass is 16.5. The third-order valence-corrected chi connectivity index (χ3v) is 6.09. The van der Waals surface area contributed by atoms with Crippen LogP contribution in [0.1, 0.15) is 22.7 Å². The smallest absolute Gasteiger partial charge is 0.107 e. The van der Waals surface area contributed by atoms with E-state index >= 15 is 0 Å². The zero-order valence-electron chi connectivity index (χ0n) is 19.8. The lowest BCUT2D eigenvalue weighted by Gasteiger charge is -2.39. The number of piperazine rings is 1. The van der Waals surface area contributed by atoms with Gasteiger partial charge in [0.2, 0.25) is 0 Å². The van der Waals surface area contributed by atoms with E-state index in [4.69, 9.17) is 9.47 Å². The minimum atomic E-state index is 0.299. The fourth-order valence-electron chi connectivity index (χ4n) is 4.29. The summed E-state index contributed by atoms with van der Waals surface area (Å²) in [7, 11) is 0. The topological polar surface area (TPSA) is 24.9 Å². The van der Waals surface area contributed by atoms with E-state index in [0.717, 1.165) is 32.7 Å². The molecule has 0 unspecified atom stereocenters. The molecule has 0 amide bonds. The SMILES string of the molecule is C(#CCN1CCN(C(c2ccccc2)c2ccccc2)CC1)COCCOCc1ccccc1. The molecule has 0 radical (unpaired) electrons. The van der Waals surface area contributed by atoms with Gasteiger partial charge < -0.3 is 9.47 Å². The Labute approximate surface area is 204 Å². The van der Waals surface area contributed by atoms with Gasteiger partial charge in [-0.15, -0.1) is 0 Å². The molecule has 0 N–H and O–H groups in total. The van der Waals surface area contributed by atoms with Gasteiger partial charge in [0.1, 0.15) is 6.61 Å². The van der Waals surface area contributed by atoms with Crippen LogP contribution in [0.2, 0.25) is 0 Å². The predicted octanol–water partition coefficient (Wildman–Crippen LogP) is 4.63. The molecular formula is C30H34N2O2. The maximum absolute atomic E-state index is 5.63. The molecular weight excluding hydrogens is 420 g/mol. The van der Waals surface area contributed by atoms with E-state index in [1.54, 1.807) is 0 Å². The molecule has 4 nitrogen and oxygen atoms in total. The number of ether oxygens (including phenoxy) is 2. The van der Waals surface area contributed by atoms with Crippen molar-refractivity contribution in [3.8, 4) is 11.8 Å². The minimum absolute atomic E-state index is 0.299. The van der Waals surface area contributed by atoms with Gasteiger partial charge in [-0.1, -0.05) is 103 Å². The zero-order valence-corrected chi connectivity index (χ0v) is 19.8. The third kappa shape index (κ3) is 7.55. The summed E-state index contributed by atoms with van der Waals surface area (Å²) >= 11 is 0. The fraction of sp³-hybridized carbons (Fsp3) is 0.333. The van der Waals surface area contributed by atoms with Gasteiger partial charge in [0.15, 0.2) is 0 Å². The Balaban J connectivity index is 1.15. The third-order valence-electron chi connectivity index (χ3n) is 6.09. The molecule has 176 valence electrons. The Bertz CT molecular complexity index is 968. The lowest BCUT2D eigenvalue weighted by Crippen LogP contribution is -2.47. The summed E-state index contributed by atoms with van der Waals surface area (Å²) in [5.74, 6) is 6.41. The second kappa shape index (κ2) is 13.7. The van der Waals surface area contributed by atoms with Crippen molar-refractivity contribution in [2.45, 2.75) is 12.6 Å². The van der Waals surface area contributed by atoms with Gasteiger partial charge in [-0.3, -0.25) is 9.80 Å². The van der Waals surface area contributed by atoms with Gasteiger partial charge in [-0.05, 0) is 16.7 Å². The number of nitrogens with zero attached hydrogens (tertiary/aromatic N) is 2. The largest absolute Gasteiger partial charge is 0.374 e. The maximum Gasteiger partial charge on any atom is 0.107 e. The van der Waals surface area contributed by atoms with Crippen LogP contribution in [-0.2, 0) is 16.1 Å². The summed E-state index contributed by atoms with van der Waals surface area (Å²) in [4.78, 5) is 5.02. The first kappa shape index (κ1) is 24.2. The van der Waals surface area contributed by atoms with Gasteiger partial charge in [0.25, 0.3) is 0 Å². The molecule has 1 fully saturated rings. The van der Waals surface area contributed by atoms with Crippen LogP contribution in [0.25, 0.3) is 0 Å². The summed E-state index contributed by atoms with van der Waals surface area (Å²) in [5.41, 5.74) is 3.89. The van der Waals surface area contributed by atoms with E-state index in [2.05, 4.69) is 94.4 Å². The van der Waals surface area contributed by atoms with E-state index in [9.17, 15) is 0 Å². The van der Waals surface area contributed by atoms with Crippen molar-refractivity contribution in [3.05, 3.63) is 108 Å². The van der Waals surface area contributed by atoms with E-state index in [0.29, 0.717) is 32.5 Å². The van der Waals surface area contributed by atoms with Crippen molar-refractivity contribution in [3.63, 3.8) is 0 Å². The number of hydrogen-bond donors (Lipinski definition) is 0. The predicted molar refractivity (Wildman–Crippen MR) is 137 cm³/mol. The van der Waals surface area contributed by atoms with Crippen molar-refractivity contribution in [1.82, 2.24) is 9.80 Å². The fourth-order valence-corrected chi connectivity index (χ4v) is 4.29. The zero-order chi connectivity index (χ0) is 23.3. The number of hydrogen-bond acceptors (Lipinski definition) is 4. The van der Waals surface area contributed by atoms with E-state index < -0.39 is 0 Å². The van der Waals surface area contributed by atoms with Crippen LogP contribution in [0, 0.1) is 11.8 Å². The molecule has 0 bridgehead atoms. The minimum Gasteiger partial charge on any atom is -0.374 e. The van der Waals surface area contributed by atoms with Crippen molar-refractivity contribution < 1.29 is 9.47 Å². The van der Waals surface area contributed by atoms with Crippen LogP contribution in [0.4, 0.5) is 0 Å². The molecule has 1 aliphatic heterocycles. The summed E-state index contributed by atoms with van der Waals surface area (Å²) in [5, 5.41) is 0. The van der Waals surface area contributed by atoms with Crippen molar-refractivity contribution in [1.29, 1.82) is 0 Å². The Kier molecular flexibility index (Phi) is 9.74. The number of benzene rings is 3. The first-order chi connectivity index (χ1) is 16.9. The first-order valence-corrected chi connectivity index (χ1v) is 12.1. The van der Waals surface area contributed by atoms with E-state index in [1.165, 1.54) is 16.7 Å². The van der Waals surface area contributed by atoms with Crippen LogP contribution >= 0.6 is 0 Å². The normalized spacial score (nSPS) is 14.6. The standard InChI is InChI=1S/C30H34N2O2/c1-4-12-27(13-5-1)26-34-25-24-33-23-11-10-18-31-19-21-32(22-20-31)30(28-14-6-2-7-15-28)29-16-8-3-9-17-29/h1-9,12-17,30H,18-26H2. The molecule has 3 aromatic rings. The van der Waals surface area contributed by atoms with Gasteiger partial charge in [0, 0.05) is 26.2 Å². The molecule has 1 saturated heterocycles. The van der Waals surface area contributed by atoms with Crippen molar-refractivity contribution in [2.24, 2.45) is 0 Å². The number of rotatable bonds is 10. The highest BCUT2D eigenvalue weighted by Crippen LogP contribution is 2.29. The first-order valence-electron chi connectivity index (χ1n) is 12.1. The highest BCUT2D eigenvalue weighted by Gasteiger charge is 2.25. The summed E-state index contributed by atoms with van der Waals surface area (Å²) < 4.78 is 11.2. The van der Waals surface area contributed by atoms with Crippen LogP contribution < -0.4 is 0 Å². The Morgan fingerprint density at radius 1 is 0.647 bits per heavy atom. The van der Waals surface area contributed by atoms with Gasteiger partial charge in [-0.25, -0.2) is 0 Å². The summed E-state index contributed by atoms with van der Waals surface area (Å²) in [6.07, 6.45) is 0. The van der Waals surface area contributed by atoms with E-state index in [-0.39, 0.29) is 0 Å². The lowest BCUT2D eigenvalue weighted by molar-refractivity contribution is 0.0519. The molecule has 1 aliphatic rings. The molecule has 3 aromatic carbocycles. The van der Waals surface area contributed by atoms with Gasteiger partial charge in [-0.2, -0.15) is 0 Å². The Hall–Kier alpha value is -2.94. The monoisotopic (exact) mass is 454 g/mol. The Morgan fingerprint density at radius 2 is 1.21 bits per heavy atom. The lowest BCUT2D eigenvalue weighted by atomic mass is 9.96. The summed E-state index contributed by atoms with van der Waals surface area (Å²) in [6.45, 7) is 7.15. The molecule has 4 rings (SSSR count). The molecule has 0 saturated carbocycles. The highest BCUT2D eigenvalue weighted by molar-refractivity contribution is 5.32. The second-order valence-electron chi connectivity index (χ2n) is 8.48. The van der Waals surface area contributed by atoms with E-state index in [1.807, 2.05) is 18.2 Å². The van der Waals surface area contributed by atoms with Crippen LogP contribution in [0.3, 0.4) is 0 Å². The molecule has 1 heterocycles. The van der Waals surface area contributed by atoms with Gasteiger partial charge in [0.05, 0.1) is 32.4 Å². The van der Waals surface area contributed by atoms with Crippen LogP contribution in [-0.4, -0.2) is 62.3 Å². The Morgan fingerprint density at radius 3 is 1.82 bits per heavy atom. The molecule has 0 spiro atoms. The summed E-state index contributed by atoms with van der Waals surface area (Å²) in [6, 6.07) is 32.1. The molecule has 0 aromatic heterocycles. The van der Waals surface area contributed by atoms with Crippen LogP contribution in [0.15, 0.2) is 91.0 Å². The molecule has 0 atom stereocenters. The molecule has 4 heteroatoms. The average Bonchev–Trinajstić information content (AvgIpc) is 2.90. The molecule has 0 aliphatic carbocycles. The van der Waals surface area contributed by atoms with Gasteiger partial charge >= 0.3 is 0 Å². The van der Waals surface area contributed by atoms with Crippen molar-refractivity contribution in [2.75, 3.05) is 52.5 Å². The average molecular weight is 455 g/mol. The van der Waals surface area contributed by atoms with Crippen LogP contribution in [0.5, 0.6) is 0 Å². The quantitative estimate of drug-likeness (QED) is 0.329. The maximum atomic E-state index is 5.63.